The highest BCUT2D eigenvalue weighted by Gasteiger charge is 2.38. The molecule has 1 aromatic rings. The van der Waals surface area contributed by atoms with Gasteiger partial charge in [-0.2, -0.15) is 18.4 Å². The van der Waals surface area contributed by atoms with Crippen LogP contribution in [0.25, 0.3) is 0 Å². The fourth-order valence-corrected chi connectivity index (χ4v) is 1.76. The SMILES string of the molecule is N#CCc1cc(I)c(OC(F)(F)F)nc1C(F)(F)F. The van der Waals surface area contributed by atoms with Gasteiger partial charge in [0, 0.05) is 0 Å². The summed E-state index contributed by atoms with van der Waals surface area (Å²) in [6.07, 6.45) is -10.7. The van der Waals surface area contributed by atoms with Crippen molar-refractivity contribution in [1.29, 1.82) is 5.26 Å². The molecule has 0 aliphatic carbocycles. The molecule has 0 saturated carbocycles. The van der Waals surface area contributed by atoms with Crippen molar-refractivity contribution in [1.82, 2.24) is 4.98 Å². The van der Waals surface area contributed by atoms with Crippen LogP contribution in [0.2, 0.25) is 0 Å². The zero-order valence-electron chi connectivity index (χ0n) is 8.73. The maximum Gasteiger partial charge on any atom is 0.574 e. The number of aromatic nitrogens is 1. The van der Waals surface area contributed by atoms with E-state index < -0.39 is 36.1 Å². The number of hydrogen-bond donors (Lipinski definition) is 0. The lowest BCUT2D eigenvalue weighted by Crippen LogP contribution is -2.21. The molecule has 1 heterocycles. The van der Waals surface area contributed by atoms with Crippen LogP contribution in [-0.4, -0.2) is 11.3 Å². The molecule has 104 valence electrons. The van der Waals surface area contributed by atoms with Crippen LogP contribution in [0.3, 0.4) is 0 Å². The maximum atomic E-state index is 12.6. The van der Waals surface area contributed by atoms with E-state index in [-0.39, 0.29) is 3.57 Å². The number of hydrogen-bond acceptors (Lipinski definition) is 3. The lowest BCUT2D eigenvalue weighted by Gasteiger charge is -2.14. The lowest BCUT2D eigenvalue weighted by molar-refractivity contribution is -0.276. The zero-order valence-corrected chi connectivity index (χ0v) is 10.9. The van der Waals surface area contributed by atoms with Gasteiger partial charge >= 0.3 is 12.5 Å². The van der Waals surface area contributed by atoms with Gasteiger partial charge in [-0.25, -0.2) is 4.98 Å². The van der Waals surface area contributed by atoms with Gasteiger partial charge in [-0.1, -0.05) is 0 Å². The minimum absolute atomic E-state index is 0.270. The average molecular weight is 396 g/mol. The summed E-state index contributed by atoms with van der Waals surface area (Å²) in [7, 11) is 0. The Morgan fingerprint density at radius 3 is 2.26 bits per heavy atom. The molecule has 19 heavy (non-hydrogen) atoms. The summed E-state index contributed by atoms with van der Waals surface area (Å²) in [5, 5.41) is 8.40. The number of nitrogens with zero attached hydrogens (tertiary/aromatic N) is 2. The molecule has 0 atom stereocenters. The monoisotopic (exact) mass is 396 g/mol. The Labute approximate surface area is 116 Å². The van der Waals surface area contributed by atoms with Gasteiger partial charge in [0.25, 0.3) is 0 Å². The summed E-state index contributed by atoms with van der Waals surface area (Å²) in [6.45, 7) is 0. The summed E-state index contributed by atoms with van der Waals surface area (Å²) in [4.78, 5) is 2.82. The second-order valence-electron chi connectivity index (χ2n) is 3.16. The number of pyridine rings is 1. The van der Waals surface area contributed by atoms with Crippen LogP contribution < -0.4 is 4.74 Å². The quantitative estimate of drug-likeness (QED) is 0.567. The molecule has 0 amide bonds. The Hall–Kier alpha value is -1.25. The second-order valence-corrected chi connectivity index (χ2v) is 4.33. The largest absolute Gasteiger partial charge is 0.574 e. The zero-order chi connectivity index (χ0) is 14.8. The fourth-order valence-electron chi connectivity index (χ4n) is 1.16. The van der Waals surface area contributed by atoms with E-state index in [9.17, 15) is 26.3 Å². The van der Waals surface area contributed by atoms with Crippen molar-refractivity contribution in [2.75, 3.05) is 0 Å². The van der Waals surface area contributed by atoms with Crippen molar-refractivity contribution in [3.8, 4) is 11.9 Å². The first-order chi connectivity index (χ1) is 8.54. The topological polar surface area (TPSA) is 45.9 Å². The van der Waals surface area contributed by atoms with Crippen LogP contribution >= 0.6 is 22.6 Å². The van der Waals surface area contributed by atoms with Crippen LogP contribution in [-0.2, 0) is 12.6 Å². The van der Waals surface area contributed by atoms with Crippen molar-refractivity contribution < 1.29 is 31.1 Å². The molecule has 0 radical (unpaired) electrons. The first-order valence-corrected chi connectivity index (χ1v) is 5.52. The van der Waals surface area contributed by atoms with E-state index >= 15 is 0 Å². The van der Waals surface area contributed by atoms with E-state index in [1.807, 2.05) is 0 Å². The van der Waals surface area contributed by atoms with Crippen molar-refractivity contribution in [2.24, 2.45) is 0 Å². The second kappa shape index (κ2) is 5.40. The summed E-state index contributed by atoms with van der Waals surface area (Å²) in [5.74, 6) is -1.19. The highest BCUT2D eigenvalue weighted by molar-refractivity contribution is 14.1. The van der Waals surface area contributed by atoms with Crippen molar-refractivity contribution in [2.45, 2.75) is 19.0 Å². The van der Waals surface area contributed by atoms with Gasteiger partial charge in [0.2, 0.25) is 5.88 Å². The third-order valence-electron chi connectivity index (χ3n) is 1.77. The van der Waals surface area contributed by atoms with Crippen LogP contribution in [0.1, 0.15) is 11.3 Å². The Balaban J connectivity index is 3.35. The highest BCUT2D eigenvalue weighted by atomic mass is 127. The number of rotatable bonds is 2. The van der Waals surface area contributed by atoms with Gasteiger partial charge in [-0.15, -0.1) is 13.2 Å². The molecule has 0 unspecified atom stereocenters. The number of ether oxygens (including phenoxy) is 1. The summed E-state index contributed by atoms with van der Waals surface area (Å²) >= 11 is 1.35. The van der Waals surface area contributed by atoms with Gasteiger partial charge in [0.05, 0.1) is 16.1 Å². The molecule has 1 rings (SSSR count). The maximum absolute atomic E-state index is 12.6. The molecule has 0 spiro atoms. The third kappa shape index (κ3) is 4.41. The molecule has 0 aromatic carbocycles. The van der Waals surface area contributed by atoms with Crippen LogP contribution in [0.15, 0.2) is 6.07 Å². The molecule has 0 aliphatic rings. The molecule has 0 N–H and O–H groups in total. The number of alkyl halides is 6. The van der Waals surface area contributed by atoms with Crippen molar-refractivity contribution >= 4 is 22.6 Å². The lowest BCUT2D eigenvalue weighted by atomic mass is 10.1. The standard InChI is InChI=1S/C9H3F6IN2O/c10-8(11,12)6-4(1-2-17)3-5(16)7(18-6)19-9(13,14)15/h3H,1H2. The number of halogens is 7. The highest BCUT2D eigenvalue weighted by Crippen LogP contribution is 2.35. The summed E-state index contributed by atoms with van der Waals surface area (Å²) < 4.78 is 76.9. The van der Waals surface area contributed by atoms with E-state index in [2.05, 4.69) is 9.72 Å². The average Bonchev–Trinajstić information content (AvgIpc) is 2.18. The first kappa shape index (κ1) is 15.8. The normalized spacial score (nSPS) is 12.1. The fraction of sp³-hybridized carbons (Fsp3) is 0.333. The molecule has 10 heteroatoms. The van der Waals surface area contributed by atoms with Gasteiger partial charge in [-0.05, 0) is 34.2 Å². The first-order valence-electron chi connectivity index (χ1n) is 4.44. The Morgan fingerprint density at radius 1 is 1.26 bits per heavy atom. The van der Waals surface area contributed by atoms with Gasteiger partial charge < -0.3 is 4.74 Å². The van der Waals surface area contributed by atoms with E-state index in [1.165, 1.54) is 28.7 Å². The molecule has 0 fully saturated rings. The Morgan fingerprint density at radius 2 is 1.84 bits per heavy atom. The van der Waals surface area contributed by atoms with E-state index in [0.717, 1.165) is 6.07 Å². The molecule has 0 saturated heterocycles. The third-order valence-corrected chi connectivity index (χ3v) is 2.55. The Kier molecular flexibility index (Phi) is 4.49. The van der Waals surface area contributed by atoms with Crippen LogP contribution in [0.5, 0.6) is 5.88 Å². The molecule has 1 aromatic heterocycles. The molecule has 0 bridgehead atoms. The predicted octanol–water partition coefficient (Wildman–Crippen LogP) is 3.67. The summed E-state index contributed by atoms with van der Waals surface area (Å²) in [6, 6.07) is 2.28. The van der Waals surface area contributed by atoms with E-state index in [0.29, 0.717) is 0 Å². The number of nitriles is 1. The molecular weight excluding hydrogens is 393 g/mol. The predicted molar refractivity (Wildman–Crippen MR) is 58.0 cm³/mol. The molecular formula is C9H3F6IN2O. The van der Waals surface area contributed by atoms with Gasteiger partial charge in [0.1, 0.15) is 0 Å². The molecule has 3 nitrogen and oxygen atoms in total. The Bertz CT molecular complexity index is 519. The van der Waals surface area contributed by atoms with Crippen molar-refractivity contribution in [3.05, 3.63) is 20.9 Å². The van der Waals surface area contributed by atoms with Gasteiger partial charge in [-0.3, -0.25) is 0 Å². The smallest absolute Gasteiger partial charge is 0.387 e. The van der Waals surface area contributed by atoms with Gasteiger partial charge in [0.15, 0.2) is 5.69 Å². The van der Waals surface area contributed by atoms with Crippen molar-refractivity contribution in [3.63, 3.8) is 0 Å². The summed E-state index contributed by atoms with van der Waals surface area (Å²) in [5.41, 5.74) is -2.07. The van der Waals surface area contributed by atoms with E-state index in [1.54, 1.807) is 0 Å². The minimum Gasteiger partial charge on any atom is -0.387 e. The van der Waals surface area contributed by atoms with Crippen LogP contribution in [0.4, 0.5) is 26.3 Å². The van der Waals surface area contributed by atoms with E-state index in [4.69, 9.17) is 5.26 Å². The van der Waals surface area contributed by atoms with Crippen LogP contribution in [0, 0.1) is 14.9 Å². The molecule has 0 aliphatic heterocycles. The minimum atomic E-state index is -5.15.